The second-order valence-corrected chi connectivity index (χ2v) is 6.39. The molecule has 1 aromatic heterocycles. The Kier molecular flexibility index (Phi) is 4.15. The number of aromatic nitrogens is 1. The van der Waals surface area contributed by atoms with Gasteiger partial charge in [-0.05, 0) is 6.42 Å². The van der Waals surface area contributed by atoms with Gasteiger partial charge in [0.2, 0.25) is 0 Å². The summed E-state index contributed by atoms with van der Waals surface area (Å²) in [5.41, 5.74) is 0. The molecule has 0 fully saturated rings. The number of sulfone groups is 1. The highest BCUT2D eigenvalue weighted by Crippen LogP contribution is 2.18. The van der Waals surface area contributed by atoms with Crippen LogP contribution in [0.4, 0.5) is 5.13 Å². The third kappa shape index (κ3) is 4.78. The molecule has 0 aliphatic heterocycles. The lowest BCUT2D eigenvalue weighted by molar-refractivity contribution is 0.600. The Morgan fingerprint density at radius 3 is 2.86 bits per heavy atom. The zero-order valence-corrected chi connectivity index (χ0v) is 10.0. The average molecular weight is 255 g/mol. The molecule has 1 aromatic rings. The first kappa shape index (κ1) is 11.7. The molecule has 1 rings (SSSR count). The monoisotopic (exact) mass is 254 g/mol. The van der Waals surface area contributed by atoms with Crippen molar-refractivity contribution in [1.82, 2.24) is 4.98 Å². The molecule has 80 valence electrons. The van der Waals surface area contributed by atoms with Crippen molar-refractivity contribution in [3.8, 4) is 0 Å². The number of thiazole rings is 1. The quantitative estimate of drug-likeness (QED) is 0.812. The molecule has 0 aromatic carbocycles. The Bertz CT molecular complexity index is 388. The van der Waals surface area contributed by atoms with E-state index in [0.717, 1.165) is 5.13 Å². The van der Waals surface area contributed by atoms with Crippen molar-refractivity contribution in [1.29, 1.82) is 0 Å². The van der Waals surface area contributed by atoms with Crippen LogP contribution in [-0.2, 0) is 9.84 Å². The molecule has 0 saturated carbocycles. The summed E-state index contributed by atoms with van der Waals surface area (Å²) in [6.07, 6.45) is 1.81. The van der Waals surface area contributed by atoms with Crippen molar-refractivity contribution in [3.63, 3.8) is 0 Å². The summed E-state index contributed by atoms with van der Waals surface area (Å²) in [5.74, 6) is 0.194. The van der Waals surface area contributed by atoms with Gasteiger partial charge < -0.3 is 5.32 Å². The molecule has 0 spiro atoms. The molecule has 0 aliphatic rings. The summed E-state index contributed by atoms with van der Waals surface area (Å²) in [6.45, 7) is 0.594. The molecule has 1 heterocycles. The first-order valence-electron chi connectivity index (χ1n) is 4.00. The first-order chi connectivity index (χ1) is 6.47. The number of nitrogens with one attached hydrogen (secondary N) is 1. The molecule has 0 saturated heterocycles. The van der Waals surface area contributed by atoms with Gasteiger partial charge in [-0.2, -0.15) is 0 Å². The van der Waals surface area contributed by atoms with Crippen LogP contribution >= 0.6 is 22.9 Å². The van der Waals surface area contributed by atoms with E-state index in [1.165, 1.54) is 17.6 Å². The standard InChI is InChI=1S/C7H11ClN2O2S2/c1-14(11,12)4-2-3-9-7-10-6(8)5-13-7/h5H,2-4H2,1H3,(H,9,10). The molecule has 0 atom stereocenters. The van der Waals surface area contributed by atoms with Gasteiger partial charge in [-0.25, -0.2) is 13.4 Å². The Labute approximate surface area is 92.2 Å². The smallest absolute Gasteiger partial charge is 0.184 e. The molecule has 0 bridgehead atoms. The van der Waals surface area contributed by atoms with Gasteiger partial charge in [-0.3, -0.25) is 0 Å². The highest BCUT2D eigenvalue weighted by Gasteiger charge is 2.02. The Morgan fingerprint density at radius 1 is 1.64 bits per heavy atom. The molecular weight excluding hydrogens is 244 g/mol. The number of nitrogens with zero attached hydrogens (tertiary/aromatic N) is 1. The van der Waals surface area contributed by atoms with Crippen molar-refractivity contribution in [2.45, 2.75) is 6.42 Å². The first-order valence-corrected chi connectivity index (χ1v) is 7.32. The fourth-order valence-corrected chi connectivity index (χ4v) is 2.40. The van der Waals surface area contributed by atoms with Crippen molar-refractivity contribution < 1.29 is 8.42 Å². The number of hydrogen-bond donors (Lipinski definition) is 1. The lowest BCUT2D eigenvalue weighted by Crippen LogP contribution is -2.09. The van der Waals surface area contributed by atoms with Crippen molar-refractivity contribution >= 4 is 37.9 Å². The summed E-state index contributed by atoms with van der Waals surface area (Å²) in [7, 11) is -2.86. The maximum absolute atomic E-state index is 10.8. The summed E-state index contributed by atoms with van der Waals surface area (Å²) >= 11 is 7.01. The van der Waals surface area contributed by atoms with Gasteiger partial charge >= 0.3 is 0 Å². The van der Waals surface area contributed by atoms with E-state index in [9.17, 15) is 8.42 Å². The minimum atomic E-state index is -2.86. The zero-order chi connectivity index (χ0) is 10.6. The minimum Gasteiger partial charge on any atom is -0.361 e. The number of halogens is 1. The highest BCUT2D eigenvalue weighted by molar-refractivity contribution is 7.90. The van der Waals surface area contributed by atoms with Gasteiger partial charge in [-0.1, -0.05) is 11.6 Å². The van der Waals surface area contributed by atoms with Gasteiger partial charge in [0.1, 0.15) is 15.0 Å². The van der Waals surface area contributed by atoms with E-state index >= 15 is 0 Å². The number of hydrogen-bond acceptors (Lipinski definition) is 5. The maximum atomic E-state index is 10.8. The topological polar surface area (TPSA) is 59.1 Å². The summed E-state index contributed by atoms with van der Waals surface area (Å²) < 4.78 is 21.6. The molecule has 0 aliphatic carbocycles. The van der Waals surface area contributed by atoms with Gasteiger partial charge in [0.05, 0.1) is 5.75 Å². The van der Waals surface area contributed by atoms with Gasteiger partial charge in [0, 0.05) is 18.2 Å². The highest BCUT2D eigenvalue weighted by atomic mass is 35.5. The molecule has 4 nitrogen and oxygen atoms in total. The largest absolute Gasteiger partial charge is 0.361 e. The lowest BCUT2D eigenvalue weighted by Gasteiger charge is -2.00. The van der Waals surface area contributed by atoms with Crippen LogP contribution in [0.2, 0.25) is 5.15 Å². The van der Waals surface area contributed by atoms with Crippen molar-refractivity contribution in [2.24, 2.45) is 0 Å². The van der Waals surface area contributed by atoms with Gasteiger partial charge in [0.15, 0.2) is 5.13 Å². The van der Waals surface area contributed by atoms with E-state index in [1.807, 2.05) is 0 Å². The normalized spacial score (nSPS) is 11.6. The van der Waals surface area contributed by atoms with Crippen LogP contribution in [0.1, 0.15) is 6.42 Å². The lowest BCUT2D eigenvalue weighted by atomic mass is 10.5. The molecule has 14 heavy (non-hydrogen) atoms. The van der Waals surface area contributed by atoms with Gasteiger partial charge in [0.25, 0.3) is 0 Å². The van der Waals surface area contributed by atoms with E-state index in [4.69, 9.17) is 11.6 Å². The van der Waals surface area contributed by atoms with Crippen LogP contribution in [0.25, 0.3) is 0 Å². The Balaban J connectivity index is 2.23. The summed E-state index contributed by atoms with van der Waals surface area (Å²) in [6, 6.07) is 0. The summed E-state index contributed by atoms with van der Waals surface area (Å²) in [5, 5.41) is 5.90. The predicted molar refractivity (Wildman–Crippen MR) is 59.9 cm³/mol. The van der Waals surface area contributed by atoms with Crippen LogP contribution < -0.4 is 5.32 Å². The van der Waals surface area contributed by atoms with Crippen molar-refractivity contribution in [3.05, 3.63) is 10.5 Å². The van der Waals surface area contributed by atoms with Crippen LogP contribution in [-0.4, -0.2) is 32.0 Å². The SMILES string of the molecule is CS(=O)(=O)CCCNc1nc(Cl)cs1. The van der Waals surface area contributed by atoms with Gasteiger partial charge in [-0.15, -0.1) is 11.3 Å². The number of anilines is 1. The third-order valence-corrected chi connectivity index (χ3v) is 3.60. The predicted octanol–water partition coefficient (Wildman–Crippen LogP) is 1.64. The molecule has 7 heteroatoms. The molecule has 0 radical (unpaired) electrons. The van der Waals surface area contributed by atoms with Crippen molar-refractivity contribution in [2.75, 3.05) is 23.9 Å². The van der Waals surface area contributed by atoms with E-state index in [2.05, 4.69) is 10.3 Å². The van der Waals surface area contributed by atoms with E-state index in [-0.39, 0.29) is 5.75 Å². The van der Waals surface area contributed by atoms with E-state index in [0.29, 0.717) is 18.1 Å². The second kappa shape index (κ2) is 4.95. The van der Waals surface area contributed by atoms with E-state index < -0.39 is 9.84 Å². The number of rotatable bonds is 5. The Hall–Kier alpha value is -0.330. The third-order valence-electron chi connectivity index (χ3n) is 1.44. The van der Waals surface area contributed by atoms with Crippen LogP contribution in [0.15, 0.2) is 5.38 Å². The fourth-order valence-electron chi connectivity index (χ4n) is 0.865. The fraction of sp³-hybridized carbons (Fsp3) is 0.571. The summed E-state index contributed by atoms with van der Waals surface area (Å²) in [4.78, 5) is 3.97. The second-order valence-electron chi connectivity index (χ2n) is 2.89. The van der Waals surface area contributed by atoms with Crippen LogP contribution in [0.3, 0.4) is 0 Å². The molecular formula is C7H11ClN2O2S2. The van der Waals surface area contributed by atoms with Crippen LogP contribution in [0, 0.1) is 0 Å². The molecule has 1 N–H and O–H groups in total. The average Bonchev–Trinajstić information content (AvgIpc) is 2.44. The molecule has 0 amide bonds. The van der Waals surface area contributed by atoms with Crippen LogP contribution in [0.5, 0.6) is 0 Å². The maximum Gasteiger partial charge on any atom is 0.184 e. The molecule has 0 unspecified atom stereocenters. The minimum absolute atomic E-state index is 0.194. The zero-order valence-electron chi connectivity index (χ0n) is 7.66. The van der Waals surface area contributed by atoms with E-state index in [1.54, 1.807) is 5.38 Å². The Morgan fingerprint density at radius 2 is 2.36 bits per heavy atom.